The number of carbonyl (C=O) groups is 1. The van der Waals surface area contributed by atoms with Crippen LogP contribution in [0, 0.1) is 0 Å². The molecule has 9 heteroatoms. The van der Waals surface area contributed by atoms with Crippen LogP contribution >= 0.6 is 0 Å². The van der Waals surface area contributed by atoms with Crippen LogP contribution in [0.25, 0.3) is 11.4 Å². The van der Waals surface area contributed by atoms with Crippen LogP contribution in [0.4, 0.5) is 5.82 Å². The Bertz CT molecular complexity index is 1200. The highest BCUT2D eigenvalue weighted by molar-refractivity contribution is 5.78. The summed E-state index contributed by atoms with van der Waals surface area (Å²) in [5.41, 5.74) is 1.68. The minimum atomic E-state index is -0.253. The standard InChI is InChI=1S/C26H31N5O4/c1-17(2)25-28-24(29-35-25)19-8-9-21(27-15-19)30-10-12-31(13-11-30)22(32)16-33-20-7-5-6-18-14-26(3,4)34-23(18)20/h5-9,15,17H,10-14,16H2,1-4H3. The van der Waals surface area contributed by atoms with Crippen LogP contribution in [0.2, 0.25) is 0 Å². The smallest absolute Gasteiger partial charge is 0.260 e. The number of ether oxygens (including phenoxy) is 2. The number of pyridine rings is 1. The molecule has 1 aromatic carbocycles. The molecule has 3 aromatic rings. The van der Waals surface area contributed by atoms with Gasteiger partial charge in [-0.05, 0) is 32.0 Å². The molecule has 2 aromatic heterocycles. The summed E-state index contributed by atoms with van der Waals surface area (Å²) in [5.74, 6) is 3.56. The van der Waals surface area contributed by atoms with Crippen LogP contribution in [-0.2, 0) is 11.2 Å². The van der Waals surface area contributed by atoms with Gasteiger partial charge in [-0.15, -0.1) is 0 Å². The third-order valence-corrected chi connectivity index (χ3v) is 6.30. The van der Waals surface area contributed by atoms with Crippen LogP contribution in [0.15, 0.2) is 41.1 Å². The third kappa shape index (κ3) is 4.94. The maximum atomic E-state index is 12.8. The fourth-order valence-electron chi connectivity index (χ4n) is 4.41. The van der Waals surface area contributed by atoms with Gasteiger partial charge in [0.25, 0.3) is 5.91 Å². The monoisotopic (exact) mass is 477 g/mol. The summed E-state index contributed by atoms with van der Waals surface area (Å²) in [5, 5.41) is 4.04. The van der Waals surface area contributed by atoms with Gasteiger partial charge in [0.2, 0.25) is 11.7 Å². The van der Waals surface area contributed by atoms with E-state index in [1.165, 1.54) is 0 Å². The Labute approximate surface area is 205 Å². The number of para-hydroxylation sites is 1. The molecule has 0 atom stereocenters. The van der Waals surface area contributed by atoms with Crippen molar-refractivity contribution in [2.24, 2.45) is 0 Å². The SMILES string of the molecule is CC(C)c1nc(-c2ccc(N3CCN(C(=O)COc4cccc5c4OC(C)(C)C5)CC3)nc2)no1. The number of anilines is 1. The first-order chi connectivity index (χ1) is 16.8. The average Bonchev–Trinajstić information content (AvgIpc) is 3.47. The Kier molecular flexibility index (Phi) is 6.08. The number of carbonyl (C=O) groups excluding carboxylic acids is 1. The van der Waals surface area contributed by atoms with Gasteiger partial charge in [0.1, 0.15) is 11.4 Å². The number of aromatic nitrogens is 3. The Hall–Kier alpha value is -3.62. The first-order valence-corrected chi connectivity index (χ1v) is 12.1. The number of hydrogen-bond donors (Lipinski definition) is 0. The van der Waals surface area contributed by atoms with Gasteiger partial charge < -0.3 is 23.8 Å². The van der Waals surface area contributed by atoms with E-state index >= 15 is 0 Å². The van der Waals surface area contributed by atoms with E-state index in [2.05, 4.69) is 33.9 Å². The Morgan fingerprint density at radius 3 is 2.63 bits per heavy atom. The molecule has 0 N–H and O–H groups in total. The molecule has 0 saturated carbocycles. The molecule has 0 bridgehead atoms. The van der Waals surface area contributed by atoms with Crippen molar-refractivity contribution < 1.29 is 18.8 Å². The van der Waals surface area contributed by atoms with E-state index in [9.17, 15) is 4.79 Å². The van der Waals surface area contributed by atoms with Crippen LogP contribution in [0.3, 0.4) is 0 Å². The lowest BCUT2D eigenvalue weighted by molar-refractivity contribution is -0.133. The second-order valence-corrected chi connectivity index (χ2v) is 9.96. The van der Waals surface area contributed by atoms with Crippen molar-refractivity contribution >= 4 is 11.7 Å². The number of nitrogens with zero attached hydrogens (tertiary/aromatic N) is 5. The van der Waals surface area contributed by atoms with Crippen molar-refractivity contribution in [2.45, 2.75) is 45.6 Å². The molecule has 9 nitrogen and oxygen atoms in total. The molecule has 2 aliphatic rings. The highest BCUT2D eigenvalue weighted by Gasteiger charge is 2.32. The molecule has 4 heterocycles. The van der Waals surface area contributed by atoms with Crippen molar-refractivity contribution in [1.29, 1.82) is 0 Å². The van der Waals surface area contributed by atoms with Gasteiger partial charge >= 0.3 is 0 Å². The highest BCUT2D eigenvalue weighted by Crippen LogP contribution is 2.41. The first-order valence-electron chi connectivity index (χ1n) is 12.1. The Morgan fingerprint density at radius 1 is 1.14 bits per heavy atom. The van der Waals surface area contributed by atoms with Crippen LogP contribution in [-0.4, -0.2) is 64.3 Å². The fourth-order valence-corrected chi connectivity index (χ4v) is 4.41. The second kappa shape index (κ2) is 9.20. The maximum Gasteiger partial charge on any atom is 0.260 e. The largest absolute Gasteiger partial charge is 0.483 e. The van der Waals surface area contributed by atoms with E-state index < -0.39 is 0 Å². The van der Waals surface area contributed by atoms with Crippen molar-refractivity contribution in [3.05, 3.63) is 48.0 Å². The summed E-state index contributed by atoms with van der Waals surface area (Å²) in [7, 11) is 0. The van der Waals surface area contributed by atoms with Crippen molar-refractivity contribution in [3.63, 3.8) is 0 Å². The zero-order valence-corrected chi connectivity index (χ0v) is 20.7. The van der Waals surface area contributed by atoms with Gasteiger partial charge in [-0.1, -0.05) is 31.1 Å². The predicted octanol–water partition coefficient (Wildman–Crippen LogP) is 3.70. The number of fused-ring (bicyclic) bond motifs is 1. The molecular weight excluding hydrogens is 446 g/mol. The van der Waals surface area contributed by atoms with Gasteiger partial charge in [-0.25, -0.2) is 4.98 Å². The van der Waals surface area contributed by atoms with Gasteiger partial charge in [-0.2, -0.15) is 4.98 Å². The molecule has 2 aliphatic heterocycles. The van der Waals surface area contributed by atoms with Crippen LogP contribution in [0.5, 0.6) is 11.5 Å². The molecule has 184 valence electrons. The summed E-state index contributed by atoms with van der Waals surface area (Å²) < 4.78 is 17.2. The van der Waals surface area contributed by atoms with Gasteiger partial charge in [0.05, 0.1) is 0 Å². The topological polar surface area (TPSA) is 93.8 Å². The van der Waals surface area contributed by atoms with E-state index in [-0.39, 0.29) is 24.0 Å². The number of piperazine rings is 1. The lowest BCUT2D eigenvalue weighted by Gasteiger charge is -2.35. The lowest BCUT2D eigenvalue weighted by atomic mass is 10.0. The molecule has 0 unspecified atom stereocenters. The van der Waals surface area contributed by atoms with Gasteiger partial charge in [0, 0.05) is 55.8 Å². The predicted molar refractivity (Wildman–Crippen MR) is 131 cm³/mol. The lowest BCUT2D eigenvalue weighted by Crippen LogP contribution is -2.50. The summed E-state index contributed by atoms with van der Waals surface area (Å²) in [6.45, 7) is 10.8. The van der Waals surface area contributed by atoms with Gasteiger partial charge in [0.15, 0.2) is 18.1 Å². The minimum absolute atomic E-state index is 0.00372. The van der Waals surface area contributed by atoms with E-state index in [0.717, 1.165) is 29.1 Å². The number of benzene rings is 1. The first kappa shape index (κ1) is 23.1. The molecule has 0 radical (unpaired) electrons. The zero-order valence-electron chi connectivity index (χ0n) is 20.7. The molecule has 5 rings (SSSR count). The van der Waals surface area contributed by atoms with Crippen molar-refractivity contribution in [1.82, 2.24) is 20.0 Å². The molecule has 35 heavy (non-hydrogen) atoms. The van der Waals surface area contributed by atoms with Crippen LogP contribution in [0.1, 0.15) is 45.1 Å². The van der Waals surface area contributed by atoms with E-state index in [0.29, 0.717) is 43.6 Å². The van der Waals surface area contributed by atoms with E-state index in [4.69, 9.17) is 14.0 Å². The Balaban J connectivity index is 1.14. The molecule has 0 spiro atoms. The summed E-state index contributed by atoms with van der Waals surface area (Å²) in [6, 6.07) is 9.76. The van der Waals surface area contributed by atoms with E-state index in [1.807, 2.05) is 49.1 Å². The zero-order chi connectivity index (χ0) is 24.6. The Morgan fingerprint density at radius 2 is 1.94 bits per heavy atom. The fraction of sp³-hybridized carbons (Fsp3) is 0.462. The normalized spacial score (nSPS) is 16.8. The van der Waals surface area contributed by atoms with Crippen LogP contribution < -0.4 is 14.4 Å². The molecular formula is C26H31N5O4. The molecule has 0 aliphatic carbocycles. The van der Waals surface area contributed by atoms with Crippen molar-refractivity contribution in [2.75, 3.05) is 37.7 Å². The number of amides is 1. The number of hydrogen-bond acceptors (Lipinski definition) is 8. The highest BCUT2D eigenvalue weighted by atomic mass is 16.5. The summed E-state index contributed by atoms with van der Waals surface area (Å²) >= 11 is 0. The quantitative estimate of drug-likeness (QED) is 0.531. The molecule has 1 fully saturated rings. The average molecular weight is 478 g/mol. The third-order valence-electron chi connectivity index (χ3n) is 6.30. The summed E-state index contributed by atoms with van der Waals surface area (Å²) in [4.78, 5) is 25.8. The van der Waals surface area contributed by atoms with Crippen molar-refractivity contribution in [3.8, 4) is 22.9 Å². The maximum absolute atomic E-state index is 12.8. The number of rotatable bonds is 6. The second-order valence-electron chi connectivity index (χ2n) is 9.96. The minimum Gasteiger partial charge on any atom is -0.483 e. The van der Waals surface area contributed by atoms with Gasteiger partial charge in [-0.3, -0.25) is 4.79 Å². The molecule has 1 saturated heterocycles. The summed E-state index contributed by atoms with van der Waals surface area (Å²) in [6.07, 6.45) is 2.59. The molecule has 1 amide bonds. The van der Waals surface area contributed by atoms with E-state index in [1.54, 1.807) is 6.20 Å².